The van der Waals surface area contributed by atoms with Gasteiger partial charge in [0.05, 0.1) is 0 Å². The van der Waals surface area contributed by atoms with Gasteiger partial charge in [-0.25, -0.2) is 0 Å². The lowest BCUT2D eigenvalue weighted by Crippen LogP contribution is -2.71. The summed E-state index contributed by atoms with van der Waals surface area (Å²) < 4.78 is 173. The second-order valence-corrected chi connectivity index (χ2v) is 6.32. The Balaban J connectivity index is 3.31. The Bertz CT molecular complexity index is 777. The fraction of sp³-hybridized carbons (Fsp3) is 0.727. The van der Waals surface area contributed by atoms with Crippen molar-refractivity contribution in [1.29, 1.82) is 0 Å². The Morgan fingerprint density at radius 3 is 1.73 bits per heavy atom. The number of carbonyl (C=O) groups excluding carboxylic acids is 1. The van der Waals surface area contributed by atoms with E-state index in [0.717, 1.165) is 12.4 Å². The molecule has 5 nitrogen and oxygen atoms in total. The minimum Gasteiger partial charge on any atom is -0.377 e. The Hall–Kier alpha value is -1.92. The lowest BCUT2D eigenvalue weighted by molar-refractivity contribution is -0.435. The van der Waals surface area contributed by atoms with Gasteiger partial charge in [-0.2, -0.15) is 57.1 Å². The summed E-state index contributed by atoms with van der Waals surface area (Å²) in [6.45, 7) is -0.350. The molecule has 1 heterocycles. The highest BCUT2D eigenvalue weighted by molar-refractivity contribution is 7.15. The fourth-order valence-corrected chi connectivity index (χ4v) is 2.28. The predicted molar refractivity (Wildman–Crippen MR) is 70.0 cm³/mol. The highest BCUT2D eigenvalue weighted by Crippen LogP contribution is 2.60. The molecule has 0 saturated heterocycles. The van der Waals surface area contributed by atoms with Crippen LogP contribution in [0.3, 0.4) is 0 Å². The number of amides is 1. The zero-order chi connectivity index (χ0) is 24.0. The molecule has 1 amide bonds. The number of hydrogen-bond donors (Lipinski definition) is 1. The average molecular weight is 491 g/mol. The van der Waals surface area contributed by atoms with Gasteiger partial charge in [-0.3, -0.25) is 10.1 Å². The lowest BCUT2D eigenvalue weighted by Gasteiger charge is -2.39. The minimum absolute atomic E-state index is 0.171. The SMILES string of the molecule is COCc1nnc(NC(=O)C(F)(F)C(F)(F)C(F)(F)C(F)(F)C(F)(F)C(F)(F)F)s1. The van der Waals surface area contributed by atoms with Gasteiger partial charge in [0.25, 0.3) is 0 Å². The van der Waals surface area contributed by atoms with Crippen LogP contribution in [-0.2, 0) is 16.1 Å². The first-order chi connectivity index (χ1) is 13.2. The van der Waals surface area contributed by atoms with Crippen molar-refractivity contribution in [1.82, 2.24) is 10.2 Å². The number of halogens is 13. The van der Waals surface area contributed by atoms with Crippen molar-refractivity contribution in [3.05, 3.63) is 5.01 Å². The van der Waals surface area contributed by atoms with E-state index in [0.29, 0.717) is 0 Å². The number of nitrogens with one attached hydrogen (secondary N) is 1. The molecule has 0 saturated carbocycles. The van der Waals surface area contributed by atoms with E-state index in [-0.39, 0.29) is 23.0 Å². The van der Waals surface area contributed by atoms with Gasteiger partial charge in [0.15, 0.2) is 0 Å². The number of alkyl halides is 13. The van der Waals surface area contributed by atoms with Gasteiger partial charge < -0.3 is 4.74 Å². The first kappa shape index (κ1) is 26.1. The molecular formula is C11H6F13N3O2S. The van der Waals surface area contributed by atoms with Crippen molar-refractivity contribution in [2.24, 2.45) is 0 Å². The maximum atomic E-state index is 13.6. The van der Waals surface area contributed by atoms with Crippen molar-refractivity contribution < 1.29 is 66.6 Å². The van der Waals surface area contributed by atoms with Crippen LogP contribution in [0.5, 0.6) is 0 Å². The monoisotopic (exact) mass is 491 g/mol. The normalized spacial score (nSPS) is 14.7. The molecule has 0 aliphatic heterocycles. The van der Waals surface area contributed by atoms with Gasteiger partial charge >= 0.3 is 41.7 Å². The van der Waals surface area contributed by atoms with Crippen molar-refractivity contribution in [3.63, 3.8) is 0 Å². The van der Waals surface area contributed by atoms with E-state index in [1.54, 1.807) is 0 Å². The third kappa shape index (κ3) is 3.87. The molecule has 0 aliphatic carbocycles. The molecule has 0 bridgehead atoms. The third-order valence-electron chi connectivity index (χ3n) is 3.17. The van der Waals surface area contributed by atoms with Crippen LogP contribution in [0.1, 0.15) is 5.01 Å². The van der Waals surface area contributed by atoms with Gasteiger partial charge in [-0.1, -0.05) is 11.3 Å². The summed E-state index contributed by atoms with van der Waals surface area (Å²) in [5.74, 6) is -42.1. The van der Waals surface area contributed by atoms with E-state index in [2.05, 4.69) is 14.9 Å². The quantitative estimate of drug-likeness (QED) is 0.550. The number of nitrogens with zero attached hydrogens (tertiary/aromatic N) is 2. The molecule has 30 heavy (non-hydrogen) atoms. The van der Waals surface area contributed by atoms with E-state index in [4.69, 9.17) is 0 Å². The summed E-state index contributed by atoms with van der Waals surface area (Å²) in [4.78, 5) is 11.2. The molecule has 174 valence electrons. The molecule has 0 aromatic carbocycles. The standard InChI is InChI=1S/C11H6F13N3O2S/c1-29-2-3-26-27-5(30-3)25-4(28)6(12,13)7(14,15)8(16,17)9(18,19)10(20,21)11(22,23)24/h2H2,1H3,(H,25,27,28). The van der Waals surface area contributed by atoms with E-state index < -0.39 is 46.8 Å². The van der Waals surface area contributed by atoms with Crippen LogP contribution in [0, 0.1) is 0 Å². The van der Waals surface area contributed by atoms with E-state index in [1.165, 1.54) is 0 Å². The molecule has 0 fully saturated rings. The van der Waals surface area contributed by atoms with Crippen LogP contribution < -0.4 is 5.32 Å². The maximum absolute atomic E-state index is 13.6. The first-order valence-corrected chi connectivity index (χ1v) is 7.58. The Morgan fingerprint density at radius 2 is 1.30 bits per heavy atom. The van der Waals surface area contributed by atoms with Gasteiger partial charge in [0.2, 0.25) is 5.13 Å². The number of hydrogen-bond acceptors (Lipinski definition) is 5. The first-order valence-electron chi connectivity index (χ1n) is 6.77. The van der Waals surface area contributed by atoms with Crippen LogP contribution in [0.4, 0.5) is 62.2 Å². The van der Waals surface area contributed by atoms with Gasteiger partial charge in [-0.15, -0.1) is 10.2 Å². The summed E-state index contributed by atoms with van der Waals surface area (Å²) in [5, 5.41) is 5.64. The Labute approximate surface area is 160 Å². The number of ether oxygens (including phenoxy) is 1. The molecule has 0 spiro atoms. The Kier molecular flexibility index (Phi) is 6.66. The van der Waals surface area contributed by atoms with Crippen molar-refractivity contribution >= 4 is 22.4 Å². The summed E-state index contributed by atoms with van der Waals surface area (Å²) >= 11 is 0.171. The Morgan fingerprint density at radius 1 is 0.833 bits per heavy atom. The van der Waals surface area contributed by atoms with Crippen LogP contribution in [0.2, 0.25) is 0 Å². The maximum Gasteiger partial charge on any atom is 0.460 e. The number of carbonyl (C=O) groups is 1. The van der Waals surface area contributed by atoms with E-state index in [1.807, 2.05) is 0 Å². The second kappa shape index (κ2) is 7.65. The molecule has 19 heteroatoms. The lowest BCUT2D eigenvalue weighted by atomic mass is 9.93. The van der Waals surface area contributed by atoms with Crippen molar-refractivity contribution in [3.8, 4) is 0 Å². The van der Waals surface area contributed by atoms with Crippen molar-refractivity contribution in [2.75, 3.05) is 12.4 Å². The van der Waals surface area contributed by atoms with Crippen LogP contribution in [0.15, 0.2) is 0 Å². The minimum atomic E-state index is -8.08. The van der Waals surface area contributed by atoms with Crippen molar-refractivity contribution in [2.45, 2.75) is 42.4 Å². The molecular weight excluding hydrogens is 485 g/mol. The highest BCUT2D eigenvalue weighted by atomic mass is 32.1. The van der Waals surface area contributed by atoms with Crippen LogP contribution >= 0.6 is 11.3 Å². The molecule has 0 aliphatic rings. The summed E-state index contributed by atoms with van der Waals surface area (Å²) in [6, 6.07) is 0. The number of methoxy groups -OCH3 is 1. The second-order valence-electron chi connectivity index (χ2n) is 5.26. The smallest absolute Gasteiger partial charge is 0.377 e. The summed E-state index contributed by atoms with van der Waals surface area (Å²) in [6.07, 6.45) is -7.53. The zero-order valence-electron chi connectivity index (χ0n) is 13.7. The third-order valence-corrected chi connectivity index (χ3v) is 3.99. The topological polar surface area (TPSA) is 64.1 Å². The van der Waals surface area contributed by atoms with E-state index in [9.17, 15) is 61.9 Å². The molecule has 0 radical (unpaired) electrons. The number of aromatic nitrogens is 2. The molecule has 1 aromatic rings. The van der Waals surface area contributed by atoms with Crippen LogP contribution in [-0.4, -0.2) is 59.0 Å². The van der Waals surface area contributed by atoms with Gasteiger partial charge in [0, 0.05) is 7.11 Å². The highest BCUT2D eigenvalue weighted by Gasteiger charge is 2.91. The zero-order valence-corrected chi connectivity index (χ0v) is 14.6. The van der Waals surface area contributed by atoms with Gasteiger partial charge in [0.1, 0.15) is 11.6 Å². The largest absolute Gasteiger partial charge is 0.460 e. The molecule has 1 N–H and O–H groups in total. The van der Waals surface area contributed by atoms with Crippen LogP contribution in [0.25, 0.3) is 0 Å². The summed E-state index contributed by atoms with van der Waals surface area (Å²) in [7, 11) is 1.10. The van der Waals surface area contributed by atoms with Gasteiger partial charge in [-0.05, 0) is 0 Å². The molecule has 1 aromatic heterocycles. The molecule has 0 atom stereocenters. The number of rotatable bonds is 8. The predicted octanol–water partition coefficient (Wildman–Crippen LogP) is 4.36. The average Bonchev–Trinajstić information content (AvgIpc) is 3.00. The van der Waals surface area contributed by atoms with E-state index >= 15 is 0 Å². The summed E-state index contributed by atoms with van der Waals surface area (Å²) in [5.41, 5.74) is 0. The molecule has 0 unspecified atom stereocenters. The number of anilines is 1. The fourth-order valence-electron chi connectivity index (χ4n) is 1.57. The molecule has 1 rings (SSSR count).